The Balaban J connectivity index is 1.78. The first-order valence-electron chi connectivity index (χ1n) is 7.95. The number of hydrogen-bond acceptors (Lipinski definition) is 4. The van der Waals surface area contributed by atoms with Crippen molar-refractivity contribution in [1.82, 2.24) is 5.32 Å². The smallest absolute Gasteiger partial charge is 0.286 e. The number of carbonyl (C=O) groups is 3. The van der Waals surface area contributed by atoms with Crippen LogP contribution in [-0.4, -0.2) is 24.3 Å². The van der Waals surface area contributed by atoms with Gasteiger partial charge in [-0.25, -0.2) is 0 Å². The number of benzene rings is 1. The van der Waals surface area contributed by atoms with Crippen molar-refractivity contribution < 1.29 is 18.8 Å². The molecule has 25 heavy (non-hydrogen) atoms. The molecule has 0 unspecified atom stereocenters. The molecule has 0 spiro atoms. The summed E-state index contributed by atoms with van der Waals surface area (Å²) in [7, 11) is 0. The first kappa shape index (κ1) is 18.3. The summed E-state index contributed by atoms with van der Waals surface area (Å²) in [6, 6.07) is 8.53. The number of hydrogen-bond donors (Lipinski definition) is 3. The molecule has 3 N–H and O–H groups in total. The molecule has 1 heterocycles. The highest BCUT2D eigenvalue weighted by atomic mass is 16.3. The first-order valence-corrected chi connectivity index (χ1v) is 7.95. The van der Waals surface area contributed by atoms with Gasteiger partial charge in [0.2, 0.25) is 11.8 Å². The SMILES string of the molecule is CC(=O)Nc1ccc(C)c(NC(=O)CCCNC(=O)c2ccco2)c1. The van der Waals surface area contributed by atoms with Crippen LogP contribution in [0.3, 0.4) is 0 Å². The van der Waals surface area contributed by atoms with Gasteiger partial charge in [0.15, 0.2) is 5.76 Å². The van der Waals surface area contributed by atoms with E-state index >= 15 is 0 Å². The maximum Gasteiger partial charge on any atom is 0.286 e. The minimum Gasteiger partial charge on any atom is -0.459 e. The molecule has 0 aliphatic heterocycles. The van der Waals surface area contributed by atoms with Crippen LogP contribution < -0.4 is 16.0 Å². The van der Waals surface area contributed by atoms with Crippen LogP contribution in [-0.2, 0) is 9.59 Å². The van der Waals surface area contributed by atoms with Crippen molar-refractivity contribution in [3.05, 3.63) is 47.9 Å². The summed E-state index contributed by atoms with van der Waals surface area (Å²) >= 11 is 0. The van der Waals surface area contributed by atoms with Crippen molar-refractivity contribution in [3.8, 4) is 0 Å². The van der Waals surface area contributed by atoms with Crippen molar-refractivity contribution in [2.45, 2.75) is 26.7 Å². The first-order chi connectivity index (χ1) is 12.0. The predicted molar refractivity (Wildman–Crippen MR) is 94.4 cm³/mol. The lowest BCUT2D eigenvalue weighted by Crippen LogP contribution is -2.25. The van der Waals surface area contributed by atoms with E-state index in [-0.39, 0.29) is 29.9 Å². The Morgan fingerprint density at radius 1 is 1.12 bits per heavy atom. The van der Waals surface area contributed by atoms with E-state index in [1.54, 1.807) is 24.3 Å². The van der Waals surface area contributed by atoms with E-state index in [0.717, 1.165) is 5.56 Å². The monoisotopic (exact) mass is 343 g/mol. The highest BCUT2D eigenvalue weighted by molar-refractivity contribution is 5.94. The molecule has 0 aliphatic carbocycles. The van der Waals surface area contributed by atoms with Crippen molar-refractivity contribution in [2.24, 2.45) is 0 Å². The molecule has 0 radical (unpaired) electrons. The Bertz CT molecular complexity index is 754. The molecule has 3 amide bonds. The summed E-state index contributed by atoms with van der Waals surface area (Å²) < 4.78 is 4.98. The Morgan fingerprint density at radius 3 is 2.60 bits per heavy atom. The molecule has 7 heteroatoms. The van der Waals surface area contributed by atoms with Gasteiger partial charge in [0.25, 0.3) is 5.91 Å². The summed E-state index contributed by atoms with van der Waals surface area (Å²) in [5.41, 5.74) is 2.17. The summed E-state index contributed by atoms with van der Waals surface area (Å²) in [5.74, 6) is -0.386. The average molecular weight is 343 g/mol. The van der Waals surface area contributed by atoms with Crippen molar-refractivity contribution >= 4 is 29.1 Å². The quantitative estimate of drug-likeness (QED) is 0.673. The number of amides is 3. The van der Waals surface area contributed by atoms with Crippen LogP contribution in [0.2, 0.25) is 0 Å². The molecule has 7 nitrogen and oxygen atoms in total. The van der Waals surface area contributed by atoms with Crippen LogP contribution in [0.1, 0.15) is 35.9 Å². The van der Waals surface area contributed by atoms with Gasteiger partial charge in [-0.3, -0.25) is 14.4 Å². The lowest BCUT2D eigenvalue weighted by Gasteiger charge is -2.11. The zero-order valence-electron chi connectivity index (χ0n) is 14.2. The van der Waals surface area contributed by atoms with Gasteiger partial charge in [-0.15, -0.1) is 0 Å². The van der Waals surface area contributed by atoms with Crippen LogP contribution in [0.15, 0.2) is 41.0 Å². The Morgan fingerprint density at radius 2 is 1.92 bits per heavy atom. The molecule has 0 fully saturated rings. The Hall–Kier alpha value is -3.09. The molecular formula is C18H21N3O4. The fourth-order valence-electron chi connectivity index (χ4n) is 2.20. The second-order valence-electron chi connectivity index (χ2n) is 5.60. The van der Waals surface area contributed by atoms with Crippen LogP contribution in [0.25, 0.3) is 0 Å². The second-order valence-corrected chi connectivity index (χ2v) is 5.60. The van der Waals surface area contributed by atoms with Crippen LogP contribution >= 0.6 is 0 Å². The maximum atomic E-state index is 12.0. The zero-order valence-corrected chi connectivity index (χ0v) is 14.2. The van der Waals surface area contributed by atoms with Gasteiger partial charge in [-0.1, -0.05) is 6.07 Å². The van der Waals surface area contributed by atoms with E-state index in [0.29, 0.717) is 24.3 Å². The molecule has 0 saturated carbocycles. The molecule has 1 aromatic carbocycles. The molecule has 0 atom stereocenters. The van der Waals surface area contributed by atoms with Gasteiger partial charge < -0.3 is 20.4 Å². The summed E-state index contributed by atoms with van der Waals surface area (Å²) in [5, 5.41) is 8.18. The molecular weight excluding hydrogens is 322 g/mol. The van der Waals surface area contributed by atoms with E-state index in [1.165, 1.54) is 13.2 Å². The van der Waals surface area contributed by atoms with Crippen molar-refractivity contribution in [3.63, 3.8) is 0 Å². The third-order valence-corrected chi connectivity index (χ3v) is 3.44. The summed E-state index contributed by atoms with van der Waals surface area (Å²) in [6.07, 6.45) is 2.20. The van der Waals surface area contributed by atoms with Gasteiger partial charge >= 0.3 is 0 Å². The lowest BCUT2D eigenvalue weighted by atomic mass is 10.1. The van der Waals surface area contributed by atoms with E-state index in [4.69, 9.17) is 4.42 Å². The standard InChI is InChI=1S/C18H21N3O4/c1-12-7-8-14(20-13(2)22)11-15(12)21-17(23)6-3-9-19-18(24)16-5-4-10-25-16/h4-5,7-8,10-11H,3,6,9H2,1-2H3,(H,19,24)(H,20,22)(H,21,23). The maximum absolute atomic E-state index is 12.0. The largest absolute Gasteiger partial charge is 0.459 e. The van der Waals surface area contributed by atoms with Crippen LogP contribution in [0, 0.1) is 6.92 Å². The van der Waals surface area contributed by atoms with Crippen LogP contribution in [0.5, 0.6) is 0 Å². The topological polar surface area (TPSA) is 100 Å². The number of anilines is 2. The third kappa shape index (κ3) is 5.80. The lowest BCUT2D eigenvalue weighted by molar-refractivity contribution is -0.116. The summed E-state index contributed by atoms with van der Waals surface area (Å²) in [6.45, 7) is 3.67. The Labute approximate surface area is 145 Å². The highest BCUT2D eigenvalue weighted by Crippen LogP contribution is 2.20. The molecule has 132 valence electrons. The minimum atomic E-state index is -0.302. The number of rotatable bonds is 7. The molecule has 0 saturated heterocycles. The number of carbonyl (C=O) groups excluding carboxylic acids is 3. The van der Waals surface area contributed by atoms with E-state index < -0.39 is 0 Å². The van der Waals surface area contributed by atoms with Gasteiger partial charge in [-0.05, 0) is 43.2 Å². The van der Waals surface area contributed by atoms with Crippen LogP contribution in [0.4, 0.5) is 11.4 Å². The molecule has 0 bridgehead atoms. The van der Waals surface area contributed by atoms with E-state index in [9.17, 15) is 14.4 Å². The minimum absolute atomic E-state index is 0.157. The normalized spacial score (nSPS) is 10.2. The number of furan rings is 1. The molecule has 1 aromatic heterocycles. The average Bonchev–Trinajstić information content (AvgIpc) is 3.08. The third-order valence-electron chi connectivity index (χ3n) is 3.44. The van der Waals surface area contributed by atoms with Gasteiger partial charge in [0.05, 0.1) is 6.26 Å². The summed E-state index contributed by atoms with van der Waals surface area (Å²) in [4.78, 5) is 34.8. The zero-order chi connectivity index (χ0) is 18.2. The molecule has 2 aromatic rings. The molecule has 0 aliphatic rings. The van der Waals surface area contributed by atoms with E-state index in [1.807, 2.05) is 13.0 Å². The number of aryl methyl sites for hydroxylation is 1. The Kier molecular flexibility index (Phi) is 6.33. The highest BCUT2D eigenvalue weighted by Gasteiger charge is 2.09. The van der Waals surface area contributed by atoms with E-state index in [2.05, 4.69) is 16.0 Å². The fraction of sp³-hybridized carbons (Fsp3) is 0.278. The van der Waals surface area contributed by atoms with Gasteiger partial charge in [0.1, 0.15) is 0 Å². The number of nitrogens with one attached hydrogen (secondary N) is 3. The van der Waals surface area contributed by atoms with Gasteiger partial charge in [0, 0.05) is 31.3 Å². The molecule has 2 rings (SSSR count). The van der Waals surface area contributed by atoms with Crippen molar-refractivity contribution in [2.75, 3.05) is 17.2 Å². The van der Waals surface area contributed by atoms with Crippen molar-refractivity contribution in [1.29, 1.82) is 0 Å². The van der Waals surface area contributed by atoms with Gasteiger partial charge in [-0.2, -0.15) is 0 Å². The second kappa shape index (κ2) is 8.68. The predicted octanol–water partition coefficient (Wildman–Crippen LogP) is 2.70. The fourth-order valence-corrected chi connectivity index (χ4v) is 2.20.